The van der Waals surface area contributed by atoms with E-state index < -0.39 is 129 Å². The molecule has 1 aromatic heterocycles. The Morgan fingerprint density at radius 1 is 1.02 bits per heavy atom. The van der Waals surface area contributed by atoms with Crippen molar-refractivity contribution in [1.29, 1.82) is 0 Å². The molecule has 1 saturated heterocycles. The zero-order chi connectivity index (χ0) is 44.2. The second-order valence-electron chi connectivity index (χ2n) is 18.0. The fourth-order valence-corrected chi connectivity index (χ4v) is 9.98. The topological polar surface area (TPSA) is 195 Å². The van der Waals surface area contributed by atoms with Gasteiger partial charge in [-0.3, -0.25) is 19.1 Å². The molecule has 7 rings (SSSR count). The number of alkyl halides is 4. The molecule has 2 saturated carbocycles. The number of carbonyl (C=O) groups excluding carboxylic acids is 4. The summed E-state index contributed by atoms with van der Waals surface area (Å²) in [7, 11) is -2.80. The highest BCUT2D eigenvalue weighted by molar-refractivity contribution is 7.91. The van der Waals surface area contributed by atoms with Crippen LogP contribution >= 0.6 is 0 Å². The molecule has 3 aliphatic carbocycles. The van der Waals surface area contributed by atoms with Gasteiger partial charge in [0.15, 0.2) is 5.69 Å². The molecule has 5 aliphatic rings. The van der Waals surface area contributed by atoms with E-state index in [-0.39, 0.29) is 36.2 Å². The zero-order valence-corrected chi connectivity index (χ0v) is 35.4. The van der Waals surface area contributed by atoms with Crippen molar-refractivity contribution in [2.24, 2.45) is 23.2 Å². The van der Waals surface area contributed by atoms with Crippen LogP contribution in [0.4, 0.5) is 22.4 Å². The van der Waals surface area contributed by atoms with E-state index >= 15 is 8.78 Å². The molecule has 4 amide bonds. The number of sulfonamides is 1. The monoisotopic (exact) mass is 880 g/mol. The van der Waals surface area contributed by atoms with Gasteiger partial charge in [0.2, 0.25) is 34.1 Å². The standard InChI is InChI=1S/C41H52F4N6O9S/c1-21-29-20-51(30(21)34(52)49-40(19-25(40)33(42)43)37(54)50-61(56,57)24-14-15-24)36(53)32(39(2,3)4)48-38(55)60-28-12-7-6-10-22(28)11-8-9-17-41(44,45)31-35(59-29)47-27-18-23(58-5)13-16-26(27)46-31/h6-7,13,16,18,21-22,24-25,28-30,32-33H,8-12,14-15,17,19-20H2,1-5H3,(H,48,55)(H,49,52)(H,50,54). The van der Waals surface area contributed by atoms with Crippen molar-refractivity contribution in [3.8, 4) is 11.6 Å². The summed E-state index contributed by atoms with van der Waals surface area (Å²) in [6.07, 6.45) is -1.00. The fraction of sp³-hybridized carbons (Fsp3) is 0.659. The van der Waals surface area contributed by atoms with Gasteiger partial charge >= 0.3 is 6.09 Å². The number of hydrogen-bond donors (Lipinski definition) is 3. The smallest absolute Gasteiger partial charge is 0.408 e. The molecule has 2 bridgehead atoms. The summed E-state index contributed by atoms with van der Waals surface area (Å²) in [5.74, 6) is -10.1. The Hall–Kier alpha value is -4.75. The maximum absolute atomic E-state index is 16.5. The van der Waals surface area contributed by atoms with Gasteiger partial charge in [-0.2, -0.15) is 8.78 Å². The number of benzene rings is 1. The number of ether oxygens (including phenoxy) is 3. The molecule has 3 heterocycles. The lowest BCUT2D eigenvalue weighted by Gasteiger charge is -2.36. The fourth-order valence-electron chi connectivity index (χ4n) is 8.62. The number of halogens is 4. The molecule has 3 fully saturated rings. The van der Waals surface area contributed by atoms with Crippen LogP contribution in [0.25, 0.3) is 11.0 Å². The van der Waals surface area contributed by atoms with E-state index in [1.807, 2.05) is 16.9 Å². The van der Waals surface area contributed by atoms with Crippen molar-refractivity contribution in [3.05, 3.63) is 36.0 Å². The number of aromatic nitrogens is 2. The lowest BCUT2D eigenvalue weighted by atomic mass is 9.85. The van der Waals surface area contributed by atoms with E-state index in [9.17, 15) is 36.4 Å². The van der Waals surface area contributed by atoms with E-state index in [1.165, 1.54) is 26.2 Å². The molecule has 8 atom stereocenters. The van der Waals surface area contributed by atoms with Crippen molar-refractivity contribution in [1.82, 2.24) is 30.2 Å². The van der Waals surface area contributed by atoms with Crippen LogP contribution in [-0.2, 0) is 35.1 Å². The van der Waals surface area contributed by atoms with Crippen LogP contribution in [-0.4, -0.2) is 102 Å². The van der Waals surface area contributed by atoms with Crippen LogP contribution in [0, 0.1) is 23.2 Å². The van der Waals surface area contributed by atoms with Crippen LogP contribution in [0.15, 0.2) is 30.4 Å². The van der Waals surface area contributed by atoms with Gasteiger partial charge in [-0.1, -0.05) is 46.3 Å². The summed E-state index contributed by atoms with van der Waals surface area (Å²) in [4.78, 5) is 66.4. The number of allylic oxidation sites excluding steroid dienone is 1. The van der Waals surface area contributed by atoms with Crippen LogP contribution < -0.4 is 24.8 Å². The number of alkyl carbamates (subject to hydrolysis) is 1. The van der Waals surface area contributed by atoms with Gasteiger partial charge in [-0.05, 0) is 62.0 Å². The van der Waals surface area contributed by atoms with Crippen LogP contribution in [0.1, 0.15) is 91.2 Å². The summed E-state index contributed by atoms with van der Waals surface area (Å²) in [6.45, 7) is 6.03. The van der Waals surface area contributed by atoms with Gasteiger partial charge in [0.05, 0.1) is 35.9 Å². The summed E-state index contributed by atoms with van der Waals surface area (Å²) < 4.78 is 106. The molecule has 0 radical (unpaired) electrons. The number of amides is 4. The number of methoxy groups -OCH3 is 1. The van der Waals surface area contributed by atoms with Gasteiger partial charge in [0.25, 0.3) is 11.8 Å². The van der Waals surface area contributed by atoms with Gasteiger partial charge in [-0.25, -0.2) is 32.0 Å². The molecule has 334 valence electrons. The number of carbonyl (C=O) groups is 4. The third-order valence-electron chi connectivity index (χ3n) is 12.5. The molecule has 2 aromatic rings. The van der Waals surface area contributed by atoms with E-state index in [1.54, 1.807) is 26.8 Å². The molecule has 61 heavy (non-hydrogen) atoms. The van der Waals surface area contributed by atoms with Crippen molar-refractivity contribution < 1.29 is 59.4 Å². The van der Waals surface area contributed by atoms with E-state index in [0.29, 0.717) is 31.4 Å². The molecule has 15 nitrogen and oxygen atoms in total. The third kappa shape index (κ3) is 9.09. The summed E-state index contributed by atoms with van der Waals surface area (Å²) in [6, 6.07) is 1.53. The molecule has 20 heteroatoms. The SMILES string of the molecule is COc1ccc2nc3c(nc2c1)OC1CN(C(=O)C(C(C)(C)C)NC(=O)OC2CC=CCC2CCCCC3(F)F)C(C(=O)NC2(C(=O)NS(=O)(=O)C3CC3)CC2C(F)F)C1C. The molecular weight excluding hydrogens is 829 g/mol. The molecule has 3 N–H and O–H groups in total. The van der Waals surface area contributed by atoms with Crippen LogP contribution in [0.5, 0.6) is 11.6 Å². The average Bonchev–Trinajstić information content (AvgIpc) is 4.12. The van der Waals surface area contributed by atoms with Gasteiger partial charge in [0, 0.05) is 24.8 Å². The Balaban J connectivity index is 1.30. The lowest BCUT2D eigenvalue weighted by molar-refractivity contribution is -0.143. The highest BCUT2D eigenvalue weighted by atomic mass is 32.2. The van der Waals surface area contributed by atoms with Crippen LogP contribution in [0.2, 0.25) is 0 Å². The minimum atomic E-state index is -4.22. The Morgan fingerprint density at radius 3 is 2.39 bits per heavy atom. The predicted molar refractivity (Wildman–Crippen MR) is 211 cm³/mol. The number of hydrogen-bond acceptors (Lipinski definition) is 11. The minimum absolute atomic E-state index is 0.0707. The Morgan fingerprint density at radius 2 is 1.74 bits per heavy atom. The highest BCUT2D eigenvalue weighted by Gasteiger charge is 2.67. The second-order valence-corrected chi connectivity index (χ2v) is 20.0. The maximum Gasteiger partial charge on any atom is 0.408 e. The maximum atomic E-state index is 16.5. The van der Waals surface area contributed by atoms with Gasteiger partial charge in [-0.15, -0.1) is 0 Å². The Labute approximate surface area is 351 Å². The second kappa shape index (κ2) is 16.5. The minimum Gasteiger partial charge on any atom is -0.497 e. The van der Waals surface area contributed by atoms with Crippen LogP contribution in [0.3, 0.4) is 0 Å². The van der Waals surface area contributed by atoms with Crippen molar-refractivity contribution in [2.45, 2.75) is 133 Å². The Kier molecular flexibility index (Phi) is 12.0. The van der Waals surface area contributed by atoms with Gasteiger partial charge < -0.3 is 29.7 Å². The van der Waals surface area contributed by atoms with Crippen molar-refractivity contribution in [3.63, 3.8) is 0 Å². The van der Waals surface area contributed by atoms with Crippen molar-refractivity contribution in [2.75, 3.05) is 13.7 Å². The molecule has 8 unspecified atom stereocenters. The largest absolute Gasteiger partial charge is 0.497 e. The number of nitrogens with one attached hydrogen (secondary N) is 3. The average molecular weight is 881 g/mol. The first-order valence-corrected chi connectivity index (χ1v) is 22.2. The first kappa shape index (κ1) is 44.3. The molecule has 2 aliphatic heterocycles. The number of fused-ring (bicyclic) bond motifs is 5. The summed E-state index contributed by atoms with van der Waals surface area (Å²) in [5.41, 5.74) is -3.87. The molecular formula is C41H52F4N6O9S. The quantitative estimate of drug-likeness (QED) is 0.247. The first-order valence-electron chi connectivity index (χ1n) is 20.6. The Bertz CT molecular complexity index is 2200. The normalized spacial score (nSPS) is 30.8. The molecule has 1 aromatic carbocycles. The van der Waals surface area contributed by atoms with Crippen molar-refractivity contribution >= 4 is 44.9 Å². The van der Waals surface area contributed by atoms with Gasteiger partial charge in [0.1, 0.15) is 35.6 Å². The van der Waals surface area contributed by atoms with E-state index in [0.717, 1.165) is 4.90 Å². The van der Waals surface area contributed by atoms with E-state index in [4.69, 9.17) is 14.2 Å². The number of nitrogens with zero attached hydrogens (tertiary/aromatic N) is 3. The van der Waals surface area contributed by atoms with E-state index in [2.05, 4.69) is 20.6 Å². The lowest BCUT2D eigenvalue weighted by Crippen LogP contribution is -2.61. The number of rotatable bonds is 7. The zero-order valence-electron chi connectivity index (χ0n) is 34.6. The highest BCUT2D eigenvalue weighted by Crippen LogP contribution is 2.49. The first-order chi connectivity index (χ1) is 28.6. The summed E-state index contributed by atoms with van der Waals surface area (Å²) in [5, 5.41) is 4.18. The summed E-state index contributed by atoms with van der Waals surface area (Å²) >= 11 is 0. The predicted octanol–water partition coefficient (Wildman–Crippen LogP) is 5.12. The third-order valence-corrected chi connectivity index (χ3v) is 14.3. The molecule has 0 spiro atoms.